The van der Waals surface area contributed by atoms with Crippen LogP contribution in [0, 0.1) is 0 Å². The number of nitrogens with one attached hydrogen (secondary N) is 1. The summed E-state index contributed by atoms with van der Waals surface area (Å²) in [4.78, 5) is 27.4. The van der Waals surface area contributed by atoms with Gasteiger partial charge in [-0.1, -0.05) is 17.7 Å². The number of pyridine rings is 1. The third kappa shape index (κ3) is 3.82. The average molecular weight is 346 g/mol. The number of carbonyl (C=O) groups is 1. The molecule has 0 spiro atoms. The maximum atomic E-state index is 12.6. The number of anilines is 1. The van der Waals surface area contributed by atoms with Crippen LogP contribution in [0.4, 0.5) is 5.95 Å². The molecule has 1 aliphatic heterocycles. The minimum atomic E-state index is -0.308. The number of aromatic nitrogens is 3. The summed E-state index contributed by atoms with van der Waals surface area (Å²) in [6, 6.07) is 3.57. The van der Waals surface area contributed by atoms with Crippen LogP contribution in [0.2, 0.25) is 5.02 Å². The number of carbonyl (C=O) groups excluding carboxylic acids is 1. The number of rotatable bonds is 4. The van der Waals surface area contributed by atoms with Gasteiger partial charge in [0.15, 0.2) is 5.69 Å². The molecule has 7 heteroatoms. The van der Waals surface area contributed by atoms with Crippen LogP contribution in [0.1, 0.15) is 48.3 Å². The molecule has 0 aromatic carbocycles. The maximum Gasteiger partial charge on any atom is 0.272 e. The highest BCUT2D eigenvalue weighted by atomic mass is 35.5. The van der Waals surface area contributed by atoms with Gasteiger partial charge in [0, 0.05) is 25.5 Å². The van der Waals surface area contributed by atoms with Crippen molar-refractivity contribution in [2.45, 2.75) is 32.2 Å². The van der Waals surface area contributed by atoms with Crippen molar-refractivity contribution in [1.29, 1.82) is 0 Å². The van der Waals surface area contributed by atoms with Crippen molar-refractivity contribution in [3.63, 3.8) is 0 Å². The summed E-state index contributed by atoms with van der Waals surface area (Å²) >= 11 is 6.14. The Kier molecular flexibility index (Phi) is 5.25. The summed E-state index contributed by atoms with van der Waals surface area (Å²) in [5, 5.41) is 3.17. The topological polar surface area (TPSA) is 71.0 Å². The average Bonchev–Trinajstić information content (AvgIpc) is 2.63. The summed E-state index contributed by atoms with van der Waals surface area (Å²) in [5.74, 6) is 0.260. The predicted octanol–water partition coefficient (Wildman–Crippen LogP) is 3.01. The monoisotopic (exact) mass is 345 g/mol. The molecule has 6 nitrogen and oxygen atoms in total. The molecule has 1 atom stereocenters. The highest BCUT2D eigenvalue weighted by Crippen LogP contribution is 2.20. The molecule has 0 radical (unpaired) electrons. The minimum Gasteiger partial charge on any atom is -0.344 e. The summed E-state index contributed by atoms with van der Waals surface area (Å²) in [5.41, 5.74) is 1.13. The van der Waals surface area contributed by atoms with E-state index in [0.717, 1.165) is 31.5 Å². The van der Waals surface area contributed by atoms with Crippen LogP contribution in [0.5, 0.6) is 0 Å². The first-order valence-electron chi connectivity index (χ1n) is 8.13. The van der Waals surface area contributed by atoms with Gasteiger partial charge in [0.05, 0.1) is 17.3 Å². The molecule has 1 fully saturated rings. The summed E-state index contributed by atoms with van der Waals surface area (Å²) in [7, 11) is 0. The van der Waals surface area contributed by atoms with E-state index < -0.39 is 0 Å². The van der Waals surface area contributed by atoms with Gasteiger partial charge in [-0.25, -0.2) is 9.97 Å². The first-order chi connectivity index (χ1) is 11.6. The Morgan fingerprint density at radius 1 is 1.29 bits per heavy atom. The molecular weight excluding hydrogens is 326 g/mol. The number of halogens is 1. The van der Waals surface area contributed by atoms with Crippen molar-refractivity contribution < 1.29 is 4.79 Å². The first-order valence-corrected chi connectivity index (χ1v) is 8.51. The Morgan fingerprint density at radius 3 is 2.79 bits per heavy atom. The normalized spacial score (nSPS) is 15.8. The van der Waals surface area contributed by atoms with Crippen LogP contribution in [0.15, 0.2) is 30.7 Å². The fourth-order valence-corrected chi connectivity index (χ4v) is 2.92. The van der Waals surface area contributed by atoms with Crippen LogP contribution < -0.4 is 10.2 Å². The molecular formula is C17H20ClN5O. The van der Waals surface area contributed by atoms with Crippen molar-refractivity contribution >= 4 is 23.5 Å². The highest BCUT2D eigenvalue weighted by molar-refractivity contribution is 6.33. The Balaban J connectivity index is 1.76. The maximum absolute atomic E-state index is 12.6. The molecule has 1 saturated heterocycles. The molecule has 3 rings (SSSR count). The third-order valence-electron chi connectivity index (χ3n) is 4.12. The Hall–Kier alpha value is -2.21. The van der Waals surface area contributed by atoms with E-state index in [2.05, 4.69) is 25.2 Å². The van der Waals surface area contributed by atoms with E-state index in [1.54, 1.807) is 12.4 Å². The van der Waals surface area contributed by atoms with Crippen LogP contribution >= 0.6 is 11.6 Å². The van der Waals surface area contributed by atoms with Crippen molar-refractivity contribution in [2.24, 2.45) is 0 Å². The van der Waals surface area contributed by atoms with Gasteiger partial charge in [-0.2, -0.15) is 0 Å². The lowest BCUT2D eigenvalue weighted by atomic mass is 10.1. The van der Waals surface area contributed by atoms with Crippen LogP contribution in [0.3, 0.4) is 0 Å². The summed E-state index contributed by atoms with van der Waals surface area (Å²) < 4.78 is 0. The summed E-state index contributed by atoms with van der Waals surface area (Å²) in [6.07, 6.45) is 8.38. The number of nitrogens with zero attached hydrogens (tertiary/aromatic N) is 4. The van der Waals surface area contributed by atoms with E-state index in [1.165, 1.54) is 12.6 Å². The van der Waals surface area contributed by atoms with Crippen LogP contribution in [-0.2, 0) is 0 Å². The number of piperidine rings is 1. The number of amides is 1. The third-order valence-corrected chi connectivity index (χ3v) is 4.39. The van der Waals surface area contributed by atoms with Gasteiger partial charge >= 0.3 is 0 Å². The molecule has 0 bridgehead atoms. The largest absolute Gasteiger partial charge is 0.344 e. The van der Waals surface area contributed by atoms with Gasteiger partial charge in [0.1, 0.15) is 0 Å². The molecule has 1 unspecified atom stereocenters. The van der Waals surface area contributed by atoms with Crippen LogP contribution in [0.25, 0.3) is 0 Å². The van der Waals surface area contributed by atoms with Gasteiger partial charge in [0.25, 0.3) is 5.91 Å². The molecule has 1 amide bonds. The molecule has 1 N–H and O–H groups in total. The molecule has 2 aromatic rings. The van der Waals surface area contributed by atoms with Gasteiger partial charge in [-0.15, -0.1) is 0 Å². The molecule has 0 saturated carbocycles. The van der Waals surface area contributed by atoms with Gasteiger partial charge in [-0.05, 0) is 37.8 Å². The predicted molar refractivity (Wildman–Crippen MR) is 93.2 cm³/mol. The van der Waals surface area contributed by atoms with E-state index in [-0.39, 0.29) is 22.7 Å². The lowest BCUT2D eigenvalue weighted by Crippen LogP contribution is -2.32. The zero-order valence-corrected chi connectivity index (χ0v) is 14.3. The van der Waals surface area contributed by atoms with Crippen molar-refractivity contribution in [1.82, 2.24) is 20.3 Å². The van der Waals surface area contributed by atoms with E-state index >= 15 is 0 Å². The molecule has 2 aromatic heterocycles. The zero-order valence-electron chi connectivity index (χ0n) is 13.6. The lowest BCUT2D eigenvalue weighted by Gasteiger charge is -2.26. The fourth-order valence-electron chi connectivity index (χ4n) is 2.74. The molecule has 1 aliphatic rings. The van der Waals surface area contributed by atoms with Gasteiger partial charge < -0.3 is 10.2 Å². The standard InChI is InChI=1S/C17H20ClN5O/c1-12(13-6-5-7-19-10-13)21-16(24)15-14(18)11-20-17(22-15)23-8-3-2-4-9-23/h5-7,10-12H,2-4,8-9H2,1H3,(H,21,24). The van der Waals surface area contributed by atoms with Crippen molar-refractivity contribution in [2.75, 3.05) is 18.0 Å². The first kappa shape index (κ1) is 16.6. The highest BCUT2D eigenvalue weighted by Gasteiger charge is 2.20. The number of hydrogen-bond donors (Lipinski definition) is 1. The van der Waals surface area contributed by atoms with E-state index in [9.17, 15) is 4.79 Å². The smallest absolute Gasteiger partial charge is 0.272 e. The minimum absolute atomic E-state index is 0.185. The fraction of sp³-hybridized carbons (Fsp3) is 0.412. The van der Waals surface area contributed by atoms with E-state index in [0.29, 0.717) is 5.95 Å². The SMILES string of the molecule is CC(NC(=O)c1nc(N2CCCCC2)ncc1Cl)c1cccnc1. The molecule has 24 heavy (non-hydrogen) atoms. The lowest BCUT2D eigenvalue weighted by molar-refractivity contribution is 0.0935. The van der Waals surface area contributed by atoms with Crippen molar-refractivity contribution in [3.8, 4) is 0 Å². The quantitative estimate of drug-likeness (QED) is 0.922. The van der Waals surface area contributed by atoms with Crippen LogP contribution in [-0.4, -0.2) is 33.9 Å². The van der Waals surface area contributed by atoms with Crippen molar-refractivity contribution in [3.05, 3.63) is 47.0 Å². The number of hydrogen-bond acceptors (Lipinski definition) is 5. The van der Waals surface area contributed by atoms with E-state index in [1.807, 2.05) is 19.1 Å². The Morgan fingerprint density at radius 2 is 2.08 bits per heavy atom. The summed E-state index contributed by atoms with van der Waals surface area (Å²) in [6.45, 7) is 3.72. The van der Waals surface area contributed by atoms with Gasteiger partial charge in [0.2, 0.25) is 5.95 Å². The molecule has 126 valence electrons. The second-order valence-corrected chi connectivity index (χ2v) is 6.30. The molecule has 0 aliphatic carbocycles. The van der Waals surface area contributed by atoms with E-state index in [4.69, 9.17) is 11.6 Å². The second kappa shape index (κ2) is 7.57. The zero-order chi connectivity index (χ0) is 16.9. The second-order valence-electron chi connectivity index (χ2n) is 5.90. The Labute approximate surface area is 146 Å². The Bertz CT molecular complexity index is 703. The van der Waals surface area contributed by atoms with Gasteiger partial charge in [-0.3, -0.25) is 9.78 Å². The molecule has 3 heterocycles.